The molecule has 0 amide bonds. The number of likely N-dealkylation sites (tertiary alicyclic amines) is 1. The second-order valence-corrected chi connectivity index (χ2v) is 8.62. The van der Waals surface area contributed by atoms with Gasteiger partial charge in [-0.2, -0.15) is 0 Å². The summed E-state index contributed by atoms with van der Waals surface area (Å²) in [6, 6.07) is 0. The van der Waals surface area contributed by atoms with Crippen LogP contribution in [0.2, 0.25) is 0 Å². The standard InChI is InChI=1S/C14H27N3O2S/c1-12-3-2-8-17(11-12)14(15)16-7-4-13-5-9-20(18,19)10-6-13/h12-13H,2-11H2,1H3,(H2,15,16)/t12-/m0/s1. The zero-order valence-electron chi connectivity index (χ0n) is 12.4. The predicted octanol–water partition coefficient (Wildman–Crippen LogP) is 1.25. The molecule has 2 saturated heterocycles. The minimum atomic E-state index is -2.75. The first kappa shape index (κ1) is 15.6. The van der Waals surface area contributed by atoms with E-state index in [0.29, 0.717) is 29.3 Å². The van der Waals surface area contributed by atoms with Crippen molar-refractivity contribution in [1.29, 1.82) is 0 Å². The van der Waals surface area contributed by atoms with Crippen LogP contribution in [-0.2, 0) is 9.84 Å². The van der Waals surface area contributed by atoms with Crippen LogP contribution >= 0.6 is 0 Å². The third-order valence-corrected chi connectivity index (χ3v) is 6.18. The van der Waals surface area contributed by atoms with Crippen molar-refractivity contribution in [1.82, 2.24) is 4.90 Å². The number of nitrogens with two attached hydrogens (primary N) is 1. The molecule has 2 aliphatic rings. The van der Waals surface area contributed by atoms with Gasteiger partial charge in [-0.3, -0.25) is 4.99 Å². The van der Waals surface area contributed by atoms with Crippen molar-refractivity contribution in [2.24, 2.45) is 22.6 Å². The van der Waals surface area contributed by atoms with Gasteiger partial charge in [0.25, 0.3) is 0 Å². The third kappa shape index (κ3) is 4.65. The topological polar surface area (TPSA) is 75.8 Å². The van der Waals surface area contributed by atoms with Crippen molar-refractivity contribution in [2.45, 2.75) is 39.0 Å². The van der Waals surface area contributed by atoms with Crippen molar-refractivity contribution in [3.8, 4) is 0 Å². The highest BCUT2D eigenvalue weighted by Crippen LogP contribution is 2.22. The van der Waals surface area contributed by atoms with Crippen LogP contribution in [0.15, 0.2) is 4.99 Å². The van der Waals surface area contributed by atoms with Crippen molar-refractivity contribution in [3.63, 3.8) is 0 Å². The highest BCUT2D eigenvalue weighted by Gasteiger charge is 2.23. The zero-order chi connectivity index (χ0) is 14.6. The van der Waals surface area contributed by atoms with Crippen molar-refractivity contribution in [3.05, 3.63) is 0 Å². The van der Waals surface area contributed by atoms with Crippen LogP contribution in [0.25, 0.3) is 0 Å². The van der Waals surface area contributed by atoms with E-state index in [2.05, 4.69) is 16.8 Å². The van der Waals surface area contributed by atoms with Gasteiger partial charge in [-0.05, 0) is 43.9 Å². The maximum Gasteiger partial charge on any atom is 0.191 e. The molecule has 1 atom stereocenters. The molecule has 0 radical (unpaired) electrons. The molecule has 0 aromatic carbocycles. The first-order chi connectivity index (χ1) is 9.46. The minimum Gasteiger partial charge on any atom is -0.370 e. The Morgan fingerprint density at radius 3 is 2.65 bits per heavy atom. The molecule has 0 aromatic heterocycles. The van der Waals surface area contributed by atoms with E-state index in [9.17, 15) is 8.42 Å². The smallest absolute Gasteiger partial charge is 0.191 e. The quantitative estimate of drug-likeness (QED) is 0.629. The first-order valence-electron chi connectivity index (χ1n) is 7.71. The summed E-state index contributed by atoms with van der Waals surface area (Å²) in [5.74, 6) is 2.55. The van der Waals surface area contributed by atoms with Crippen molar-refractivity contribution >= 4 is 15.8 Å². The lowest BCUT2D eigenvalue weighted by molar-refractivity contribution is 0.270. The second kappa shape index (κ2) is 6.78. The molecule has 6 heteroatoms. The number of guanidine groups is 1. The molecule has 2 N–H and O–H groups in total. The molecule has 116 valence electrons. The molecule has 0 aromatic rings. The Labute approximate surface area is 122 Å². The van der Waals surface area contributed by atoms with Gasteiger partial charge < -0.3 is 10.6 Å². The van der Waals surface area contributed by atoms with Crippen LogP contribution in [0.5, 0.6) is 0 Å². The van der Waals surface area contributed by atoms with Crippen LogP contribution in [0.1, 0.15) is 39.0 Å². The van der Waals surface area contributed by atoms with Crippen LogP contribution in [0.3, 0.4) is 0 Å². The Kier molecular flexibility index (Phi) is 5.29. The number of hydrogen-bond acceptors (Lipinski definition) is 3. The van der Waals surface area contributed by atoms with Crippen molar-refractivity contribution in [2.75, 3.05) is 31.1 Å². The molecule has 0 aliphatic carbocycles. The number of aliphatic imine (C=N–C) groups is 1. The maximum absolute atomic E-state index is 11.4. The molecule has 2 rings (SSSR count). The van der Waals surface area contributed by atoms with Crippen LogP contribution in [0, 0.1) is 11.8 Å². The van der Waals surface area contributed by atoms with Gasteiger partial charge in [0.2, 0.25) is 0 Å². The molecule has 0 spiro atoms. The van der Waals surface area contributed by atoms with Crippen LogP contribution in [0.4, 0.5) is 0 Å². The molecular formula is C14H27N3O2S. The summed E-state index contributed by atoms with van der Waals surface area (Å²) in [6.07, 6.45) is 5.01. The van der Waals surface area contributed by atoms with Gasteiger partial charge in [0, 0.05) is 19.6 Å². The van der Waals surface area contributed by atoms with E-state index in [4.69, 9.17) is 5.73 Å². The largest absolute Gasteiger partial charge is 0.370 e. The van der Waals surface area contributed by atoms with Gasteiger partial charge in [0.05, 0.1) is 11.5 Å². The van der Waals surface area contributed by atoms with Gasteiger partial charge in [-0.25, -0.2) is 8.42 Å². The summed E-state index contributed by atoms with van der Waals surface area (Å²) in [7, 11) is -2.75. The maximum atomic E-state index is 11.4. The lowest BCUT2D eigenvalue weighted by atomic mass is 9.99. The highest BCUT2D eigenvalue weighted by atomic mass is 32.2. The van der Waals surface area contributed by atoms with E-state index in [1.165, 1.54) is 12.8 Å². The second-order valence-electron chi connectivity index (χ2n) is 6.32. The Morgan fingerprint density at radius 2 is 2.00 bits per heavy atom. The number of rotatable bonds is 3. The number of nitrogens with zero attached hydrogens (tertiary/aromatic N) is 2. The van der Waals surface area contributed by atoms with Crippen LogP contribution in [-0.4, -0.2) is 50.4 Å². The van der Waals surface area contributed by atoms with E-state index in [-0.39, 0.29) is 0 Å². The molecule has 5 nitrogen and oxygen atoms in total. The molecule has 2 aliphatic heterocycles. The lowest BCUT2D eigenvalue weighted by Crippen LogP contribution is -2.43. The van der Waals surface area contributed by atoms with Crippen LogP contribution < -0.4 is 5.73 Å². The van der Waals surface area contributed by atoms with E-state index in [0.717, 1.165) is 38.9 Å². The Hall–Kier alpha value is -0.780. The summed E-state index contributed by atoms with van der Waals surface area (Å²) in [4.78, 5) is 6.66. The van der Waals surface area contributed by atoms with Gasteiger partial charge >= 0.3 is 0 Å². The predicted molar refractivity (Wildman–Crippen MR) is 82.5 cm³/mol. The average Bonchev–Trinajstić information content (AvgIpc) is 2.40. The molecule has 0 bridgehead atoms. The Bertz CT molecular complexity index is 433. The van der Waals surface area contributed by atoms with Gasteiger partial charge in [-0.15, -0.1) is 0 Å². The molecule has 2 heterocycles. The summed E-state index contributed by atoms with van der Waals surface area (Å²) >= 11 is 0. The normalized spacial score (nSPS) is 28.6. The molecule has 2 fully saturated rings. The Balaban J connectivity index is 1.73. The fraction of sp³-hybridized carbons (Fsp3) is 0.929. The molecular weight excluding hydrogens is 274 g/mol. The minimum absolute atomic E-state index is 0.348. The average molecular weight is 301 g/mol. The van der Waals surface area contributed by atoms with E-state index >= 15 is 0 Å². The van der Waals surface area contributed by atoms with E-state index in [1.807, 2.05) is 0 Å². The number of hydrogen-bond donors (Lipinski definition) is 1. The van der Waals surface area contributed by atoms with Crippen molar-refractivity contribution < 1.29 is 8.42 Å². The SMILES string of the molecule is C[C@H]1CCCN(C(N)=NCCC2CCS(=O)(=O)CC2)C1. The fourth-order valence-corrected chi connectivity index (χ4v) is 4.68. The molecule has 20 heavy (non-hydrogen) atoms. The molecule has 0 saturated carbocycles. The Morgan fingerprint density at radius 1 is 1.30 bits per heavy atom. The fourth-order valence-electron chi connectivity index (χ4n) is 3.09. The van der Waals surface area contributed by atoms with E-state index in [1.54, 1.807) is 0 Å². The summed E-state index contributed by atoms with van der Waals surface area (Å²) in [5, 5.41) is 0. The first-order valence-corrected chi connectivity index (χ1v) is 9.54. The van der Waals surface area contributed by atoms with Gasteiger partial charge in [0.15, 0.2) is 5.96 Å². The third-order valence-electron chi connectivity index (χ3n) is 4.47. The highest BCUT2D eigenvalue weighted by molar-refractivity contribution is 7.91. The monoisotopic (exact) mass is 301 g/mol. The number of sulfone groups is 1. The summed E-state index contributed by atoms with van der Waals surface area (Å²) in [6.45, 7) is 5.00. The van der Waals surface area contributed by atoms with Gasteiger partial charge in [-0.1, -0.05) is 6.92 Å². The lowest BCUT2D eigenvalue weighted by Gasteiger charge is -2.31. The van der Waals surface area contributed by atoms with E-state index < -0.39 is 9.84 Å². The van der Waals surface area contributed by atoms with Gasteiger partial charge in [0.1, 0.15) is 9.84 Å². The summed E-state index contributed by atoms with van der Waals surface area (Å²) in [5.41, 5.74) is 6.05. The summed E-state index contributed by atoms with van der Waals surface area (Å²) < 4.78 is 22.7. The zero-order valence-corrected chi connectivity index (χ0v) is 13.2. The molecule has 0 unspecified atom stereocenters. The number of piperidine rings is 1.